The number of halogens is 6. The van der Waals surface area contributed by atoms with Crippen LogP contribution >= 0.6 is 0 Å². The Morgan fingerprint density at radius 2 is 1.64 bits per heavy atom. The first-order valence-corrected chi connectivity index (χ1v) is 3.33. The molecule has 1 aromatic heterocycles. The fraction of sp³-hybridized carbons (Fsp3) is 0.500. The van der Waals surface area contributed by atoms with Crippen molar-refractivity contribution in [3.05, 3.63) is 17.2 Å². The van der Waals surface area contributed by atoms with Crippen LogP contribution in [0.1, 0.15) is 11.3 Å². The highest BCUT2D eigenvalue weighted by Crippen LogP contribution is 2.44. The minimum Gasteiger partial charge on any atom is -0.273 e. The molecule has 0 unspecified atom stereocenters. The Bertz CT molecular complexity index is 339. The Morgan fingerprint density at radius 3 is 1.93 bits per heavy atom. The molecule has 80 valence electrons. The van der Waals surface area contributed by atoms with Crippen molar-refractivity contribution in [3.8, 4) is 0 Å². The topological polar surface area (TPSA) is 28.7 Å². The van der Waals surface area contributed by atoms with Crippen LogP contribution in [0.3, 0.4) is 0 Å². The lowest BCUT2D eigenvalue weighted by atomic mass is 10.1. The Kier molecular flexibility index (Phi) is 2.24. The molecule has 0 aromatic carbocycles. The molecule has 0 aliphatic carbocycles. The highest BCUT2D eigenvalue weighted by Gasteiger charge is 2.60. The first kappa shape index (κ1) is 10.9. The molecule has 0 radical (unpaired) electrons. The predicted molar refractivity (Wildman–Crippen MR) is 33.2 cm³/mol. The van der Waals surface area contributed by atoms with Gasteiger partial charge in [-0.1, -0.05) is 0 Å². The molecule has 0 fully saturated rings. The van der Waals surface area contributed by atoms with E-state index in [1.54, 1.807) is 0 Å². The number of rotatable bonds is 1. The van der Waals surface area contributed by atoms with Crippen molar-refractivity contribution in [2.24, 2.45) is 0 Å². The first-order valence-electron chi connectivity index (χ1n) is 3.33. The lowest BCUT2D eigenvalue weighted by molar-refractivity contribution is -0.291. The molecular weight excluding hydrogens is 214 g/mol. The number of hydrogen-bond acceptors (Lipinski definition) is 1. The third-order valence-corrected chi connectivity index (χ3v) is 1.62. The Hall–Kier alpha value is -1.21. The largest absolute Gasteiger partial charge is 0.459 e. The molecule has 0 spiro atoms. The quantitative estimate of drug-likeness (QED) is 0.721. The number of aromatic amines is 1. The van der Waals surface area contributed by atoms with Gasteiger partial charge in [0, 0.05) is 5.56 Å². The van der Waals surface area contributed by atoms with E-state index in [0.717, 1.165) is 6.92 Å². The lowest BCUT2D eigenvalue weighted by Gasteiger charge is -2.18. The van der Waals surface area contributed by atoms with Crippen molar-refractivity contribution < 1.29 is 26.3 Å². The summed E-state index contributed by atoms with van der Waals surface area (Å²) in [6.45, 7) is 0.786. The normalized spacial score (nSPS) is 13.4. The van der Waals surface area contributed by atoms with Crippen molar-refractivity contribution in [1.29, 1.82) is 0 Å². The maximum Gasteiger partial charge on any atom is 0.459 e. The van der Waals surface area contributed by atoms with E-state index in [0.29, 0.717) is 0 Å². The zero-order valence-corrected chi connectivity index (χ0v) is 6.72. The maximum absolute atomic E-state index is 12.6. The van der Waals surface area contributed by atoms with Crippen LogP contribution < -0.4 is 0 Å². The van der Waals surface area contributed by atoms with Gasteiger partial charge in [-0.05, 0) is 6.92 Å². The second kappa shape index (κ2) is 2.89. The third kappa shape index (κ3) is 1.44. The summed E-state index contributed by atoms with van der Waals surface area (Å²) in [4.78, 5) is 0. The molecule has 0 atom stereocenters. The van der Waals surface area contributed by atoms with Gasteiger partial charge >= 0.3 is 12.1 Å². The summed E-state index contributed by atoms with van der Waals surface area (Å²) in [5.41, 5.74) is -2.41. The van der Waals surface area contributed by atoms with E-state index >= 15 is 0 Å². The van der Waals surface area contributed by atoms with Crippen LogP contribution in [0.15, 0.2) is 0 Å². The van der Waals surface area contributed by atoms with Gasteiger partial charge < -0.3 is 0 Å². The SMILES string of the molecule is Cc1c(F)n[nH]c1C(F)(F)C(F)(F)F. The van der Waals surface area contributed by atoms with E-state index in [2.05, 4.69) is 5.10 Å². The van der Waals surface area contributed by atoms with Gasteiger partial charge in [0.2, 0.25) is 5.95 Å². The van der Waals surface area contributed by atoms with Gasteiger partial charge in [0.05, 0.1) is 0 Å². The molecule has 14 heavy (non-hydrogen) atoms. The molecule has 1 aromatic rings. The van der Waals surface area contributed by atoms with Crippen molar-refractivity contribution in [2.45, 2.75) is 19.0 Å². The molecule has 0 saturated carbocycles. The second-order valence-corrected chi connectivity index (χ2v) is 2.59. The number of nitrogens with zero attached hydrogens (tertiary/aromatic N) is 1. The van der Waals surface area contributed by atoms with Gasteiger partial charge in [-0.15, -0.1) is 5.10 Å². The third-order valence-electron chi connectivity index (χ3n) is 1.62. The van der Waals surface area contributed by atoms with Crippen molar-refractivity contribution in [2.75, 3.05) is 0 Å². The van der Waals surface area contributed by atoms with Gasteiger partial charge in [0.15, 0.2) is 0 Å². The van der Waals surface area contributed by atoms with Crippen LogP contribution in [0.25, 0.3) is 0 Å². The predicted octanol–water partition coefficient (Wildman–Crippen LogP) is 2.51. The molecule has 0 saturated heterocycles. The average molecular weight is 218 g/mol. The molecule has 1 heterocycles. The van der Waals surface area contributed by atoms with E-state index in [1.807, 2.05) is 0 Å². The zero-order valence-electron chi connectivity index (χ0n) is 6.72. The van der Waals surface area contributed by atoms with Crippen LogP contribution in [-0.4, -0.2) is 16.4 Å². The first-order chi connectivity index (χ1) is 6.18. The maximum atomic E-state index is 12.6. The Balaban J connectivity index is 3.23. The van der Waals surface area contributed by atoms with Crippen LogP contribution in [0.5, 0.6) is 0 Å². The van der Waals surface area contributed by atoms with Crippen LogP contribution in [0.2, 0.25) is 0 Å². The van der Waals surface area contributed by atoms with E-state index < -0.39 is 29.3 Å². The van der Waals surface area contributed by atoms with E-state index in [-0.39, 0.29) is 0 Å². The summed E-state index contributed by atoms with van der Waals surface area (Å²) in [7, 11) is 0. The number of nitrogens with one attached hydrogen (secondary N) is 1. The molecule has 2 nitrogen and oxygen atoms in total. The monoisotopic (exact) mass is 218 g/mol. The fourth-order valence-electron chi connectivity index (χ4n) is 0.823. The van der Waals surface area contributed by atoms with E-state index in [4.69, 9.17) is 0 Å². The summed E-state index contributed by atoms with van der Waals surface area (Å²) in [5.74, 6) is -6.49. The van der Waals surface area contributed by atoms with Crippen molar-refractivity contribution in [1.82, 2.24) is 10.2 Å². The highest BCUT2D eigenvalue weighted by atomic mass is 19.4. The number of aromatic nitrogens is 2. The molecular formula is C6H4F6N2. The Labute approximate surface area is 73.9 Å². The number of H-pyrrole nitrogens is 1. The van der Waals surface area contributed by atoms with Gasteiger partial charge in [-0.25, -0.2) is 0 Å². The molecule has 0 aliphatic heterocycles. The van der Waals surface area contributed by atoms with Crippen molar-refractivity contribution >= 4 is 0 Å². The summed E-state index contributed by atoms with van der Waals surface area (Å²) in [6, 6.07) is 0. The minimum atomic E-state index is -5.77. The van der Waals surface area contributed by atoms with Crippen LogP contribution in [0.4, 0.5) is 26.3 Å². The molecule has 8 heteroatoms. The fourth-order valence-corrected chi connectivity index (χ4v) is 0.823. The number of hydrogen-bond donors (Lipinski definition) is 1. The molecule has 1 N–H and O–H groups in total. The standard InChI is InChI=1S/C6H4F6N2/c1-2-3(13-14-4(2)7)5(8,9)6(10,11)12/h1H3,(H,13,14). The lowest BCUT2D eigenvalue weighted by Crippen LogP contribution is -2.34. The van der Waals surface area contributed by atoms with E-state index in [1.165, 1.54) is 5.10 Å². The average Bonchev–Trinajstić information content (AvgIpc) is 2.30. The minimum absolute atomic E-state index is 0.786. The van der Waals surface area contributed by atoms with Crippen molar-refractivity contribution in [3.63, 3.8) is 0 Å². The number of alkyl halides is 5. The summed E-state index contributed by atoms with van der Waals surface area (Å²) < 4.78 is 72.9. The second-order valence-electron chi connectivity index (χ2n) is 2.59. The van der Waals surface area contributed by atoms with Gasteiger partial charge in [-0.3, -0.25) is 5.10 Å². The highest BCUT2D eigenvalue weighted by molar-refractivity contribution is 5.21. The van der Waals surface area contributed by atoms with Gasteiger partial charge in [-0.2, -0.15) is 26.3 Å². The molecule has 0 bridgehead atoms. The summed E-state index contributed by atoms with van der Waals surface area (Å²) in [5, 5.41) is 3.95. The van der Waals surface area contributed by atoms with Gasteiger partial charge in [0.1, 0.15) is 5.69 Å². The van der Waals surface area contributed by atoms with Gasteiger partial charge in [0.25, 0.3) is 0 Å². The summed E-state index contributed by atoms with van der Waals surface area (Å²) >= 11 is 0. The summed E-state index contributed by atoms with van der Waals surface area (Å²) in [6.07, 6.45) is -5.77. The van der Waals surface area contributed by atoms with E-state index in [9.17, 15) is 26.3 Å². The molecule has 1 rings (SSSR count). The Morgan fingerprint density at radius 1 is 1.14 bits per heavy atom. The van der Waals surface area contributed by atoms with Crippen LogP contribution in [0, 0.1) is 12.9 Å². The molecule has 0 aliphatic rings. The zero-order chi connectivity index (χ0) is 11.1. The molecule has 0 amide bonds. The van der Waals surface area contributed by atoms with Crippen LogP contribution in [-0.2, 0) is 5.92 Å². The smallest absolute Gasteiger partial charge is 0.273 e.